The number of hydrogen-bond acceptors (Lipinski definition) is 3. The molecule has 1 aromatic heterocycles. The van der Waals surface area contributed by atoms with Crippen molar-refractivity contribution in [3.8, 4) is 5.69 Å². The van der Waals surface area contributed by atoms with Gasteiger partial charge in [0.1, 0.15) is 11.7 Å². The molecule has 1 aromatic carbocycles. The summed E-state index contributed by atoms with van der Waals surface area (Å²) in [7, 11) is 0. The minimum atomic E-state index is -1.07. The Morgan fingerprint density at radius 1 is 1.29 bits per heavy atom. The molecule has 1 atom stereocenters. The lowest BCUT2D eigenvalue weighted by atomic mass is 10.2. The molecule has 3 rings (SSSR count). The molecule has 0 radical (unpaired) electrons. The third-order valence-corrected chi connectivity index (χ3v) is 4.07. The third kappa shape index (κ3) is 2.64. The molecule has 8 heteroatoms. The van der Waals surface area contributed by atoms with Crippen molar-refractivity contribution in [2.24, 2.45) is 0 Å². The highest BCUT2D eigenvalue weighted by Crippen LogP contribution is 2.23. The van der Waals surface area contributed by atoms with Gasteiger partial charge in [0.25, 0.3) is 5.91 Å². The predicted molar refractivity (Wildman–Crippen MR) is 79.9 cm³/mol. The second-order valence-corrected chi connectivity index (χ2v) is 5.67. The topological polar surface area (TPSA) is 75.4 Å². The second kappa shape index (κ2) is 6.03. The number of nitrogens with zero attached hydrogens (tertiary/aromatic N) is 3. The van der Waals surface area contributed by atoms with Gasteiger partial charge in [-0.2, -0.15) is 5.10 Å². The van der Waals surface area contributed by atoms with Crippen molar-refractivity contribution in [1.82, 2.24) is 14.7 Å². The third-order valence-electron chi connectivity index (χ3n) is 4.07. The Balaban J connectivity index is 1.98. The highest BCUT2D eigenvalue weighted by Gasteiger charge is 2.36. The number of halogens is 2. The summed E-state index contributed by atoms with van der Waals surface area (Å²) in [6.45, 7) is 1.90. The number of aryl methyl sites for hydroxylation is 1. The van der Waals surface area contributed by atoms with E-state index < -0.39 is 29.6 Å². The van der Waals surface area contributed by atoms with Crippen LogP contribution in [0.15, 0.2) is 24.4 Å². The molecule has 1 N–H and O–H groups in total. The van der Waals surface area contributed by atoms with Gasteiger partial charge in [-0.05, 0) is 31.9 Å². The lowest BCUT2D eigenvalue weighted by molar-refractivity contribution is -0.141. The molecule has 2 heterocycles. The Labute approximate surface area is 136 Å². The van der Waals surface area contributed by atoms with Crippen LogP contribution in [0.5, 0.6) is 0 Å². The summed E-state index contributed by atoms with van der Waals surface area (Å²) in [5.41, 5.74) is 0.0281. The lowest BCUT2D eigenvalue weighted by Gasteiger charge is -2.20. The summed E-state index contributed by atoms with van der Waals surface area (Å²) in [6, 6.07) is 2.53. The van der Waals surface area contributed by atoms with Gasteiger partial charge in [0.2, 0.25) is 0 Å². The monoisotopic (exact) mass is 335 g/mol. The molecule has 0 saturated carbocycles. The molecule has 0 unspecified atom stereocenters. The second-order valence-electron chi connectivity index (χ2n) is 5.67. The van der Waals surface area contributed by atoms with Crippen molar-refractivity contribution in [3.05, 3.63) is 47.3 Å². The summed E-state index contributed by atoms with van der Waals surface area (Å²) in [5.74, 6) is -3.23. The number of carbonyl (C=O) groups is 2. The van der Waals surface area contributed by atoms with Gasteiger partial charge in [0, 0.05) is 18.3 Å². The van der Waals surface area contributed by atoms with Crippen LogP contribution in [0.3, 0.4) is 0 Å². The maximum Gasteiger partial charge on any atom is 0.326 e. The number of aromatic nitrogens is 2. The zero-order valence-corrected chi connectivity index (χ0v) is 12.9. The summed E-state index contributed by atoms with van der Waals surface area (Å²) in [4.78, 5) is 25.1. The van der Waals surface area contributed by atoms with Crippen LogP contribution in [0, 0.1) is 18.6 Å². The standard InChI is InChI=1S/C16H15F2N3O3/c1-9-8-21(14-10(17)4-2-5-11(14)18)19-13(9)15(22)20-7-3-6-12(20)16(23)24/h2,4-5,8,12H,3,6-7H2,1H3,(H,23,24)/t12-/m1/s1. The summed E-state index contributed by atoms with van der Waals surface area (Å²) < 4.78 is 28.7. The van der Waals surface area contributed by atoms with Gasteiger partial charge in [-0.25, -0.2) is 18.3 Å². The van der Waals surface area contributed by atoms with Crippen molar-refractivity contribution >= 4 is 11.9 Å². The maximum absolute atomic E-state index is 13.9. The Morgan fingerprint density at radius 3 is 2.58 bits per heavy atom. The molecule has 24 heavy (non-hydrogen) atoms. The average Bonchev–Trinajstić information content (AvgIpc) is 3.13. The summed E-state index contributed by atoms with van der Waals surface area (Å²) in [5, 5.41) is 13.2. The van der Waals surface area contributed by atoms with E-state index in [-0.39, 0.29) is 11.4 Å². The van der Waals surface area contributed by atoms with Gasteiger partial charge < -0.3 is 10.0 Å². The van der Waals surface area contributed by atoms with E-state index in [1.165, 1.54) is 17.2 Å². The quantitative estimate of drug-likeness (QED) is 0.932. The van der Waals surface area contributed by atoms with E-state index >= 15 is 0 Å². The largest absolute Gasteiger partial charge is 0.480 e. The molecule has 1 aliphatic heterocycles. The lowest BCUT2D eigenvalue weighted by Crippen LogP contribution is -2.40. The highest BCUT2D eigenvalue weighted by molar-refractivity contribution is 5.96. The van der Waals surface area contributed by atoms with Crippen LogP contribution in [0.25, 0.3) is 5.69 Å². The van der Waals surface area contributed by atoms with E-state index in [4.69, 9.17) is 0 Å². The molecule has 126 valence electrons. The molecular weight excluding hydrogens is 320 g/mol. The Hall–Kier alpha value is -2.77. The average molecular weight is 335 g/mol. The van der Waals surface area contributed by atoms with Crippen molar-refractivity contribution in [2.75, 3.05) is 6.54 Å². The molecule has 0 bridgehead atoms. The number of para-hydroxylation sites is 1. The molecule has 0 spiro atoms. The van der Waals surface area contributed by atoms with Crippen LogP contribution in [0.2, 0.25) is 0 Å². The van der Waals surface area contributed by atoms with Crippen molar-refractivity contribution < 1.29 is 23.5 Å². The SMILES string of the molecule is Cc1cn(-c2c(F)cccc2F)nc1C(=O)N1CCC[C@@H]1C(=O)O. The zero-order chi connectivity index (χ0) is 17.4. The van der Waals surface area contributed by atoms with E-state index in [0.717, 1.165) is 16.8 Å². The van der Waals surface area contributed by atoms with Gasteiger partial charge in [-0.3, -0.25) is 4.79 Å². The minimum absolute atomic E-state index is 0.00852. The Kier molecular flexibility index (Phi) is 4.04. The molecule has 1 saturated heterocycles. The predicted octanol–water partition coefficient (Wildman–Crippen LogP) is 2.15. The van der Waals surface area contributed by atoms with Gasteiger partial charge in [0.15, 0.2) is 17.3 Å². The first-order valence-corrected chi connectivity index (χ1v) is 7.44. The molecular formula is C16H15F2N3O3. The van der Waals surface area contributed by atoms with Crippen LogP contribution >= 0.6 is 0 Å². The molecule has 1 fully saturated rings. The van der Waals surface area contributed by atoms with Gasteiger partial charge in [-0.1, -0.05) is 6.07 Å². The van der Waals surface area contributed by atoms with Crippen LogP contribution in [-0.2, 0) is 4.79 Å². The summed E-state index contributed by atoms with van der Waals surface area (Å²) >= 11 is 0. The van der Waals surface area contributed by atoms with E-state index in [1.54, 1.807) is 6.92 Å². The Morgan fingerprint density at radius 2 is 1.96 bits per heavy atom. The fourth-order valence-corrected chi connectivity index (χ4v) is 2.90. The van der Waals surface area contributed by atoms with Crippen molar-refractivity contribution in [2.45, 2.75) is 25.8 Å². The van der Waals surface area contributed by atoms with Crippen LogP contribution in [0.1, 0.15) is 28.9 Å². The van der Waals surface area contributed by atoms with E-state index in [9.17, 15) is 23.5 Å². The zero-order valence-electron chi connectivity index (χ0n) is 12.9. The number of hydrogen-bond donors (Lipinski definition) is 1. The number of carboxylic acids is 1. The van der Waals surface area contributed by atoms with Gasteiger partial charge >= 0.3 is 5.97 Å². The first kappa shape index (κ1) is 16.1. The van der Waals surface area contributed by atoms with Crippen LogP contribution < -0.4 is 0 Å². The first-order valence-electron chi connectivity index (χ1n) is 7.44. The van der Waals surface area contributed by atoms with E-state index in [1.807, 2.05) is 0 Å². The minimum Gasteiger partial charge on any atom is -0.480 e. The summed E-state index contributed by atoms with van der Waals surface area (Å²) in [6.07, 6.45) is 2.31. The molecule has 0 aliphatic carbocycles. The fraction of sp³-hybridized carbons (Fsp3) is 0.312. The van der Waals surface area contributed by atoms with Crippen LogP contribution in [0.4, 0.5) is 8.78 Å². The van der Waals surface area contributed by atoms with E-state index in [0.29, 0.717) is 24.9 Å². The highest BCUT2D eigenvalue weighted by atomic mass is 19.1. The van der Waals surface area contributed by atoms with E-state index in [2.05, 4.69) is 5.10 Å². The normalized spacial score (nSPS) is 17.3. The van der Waals surface area contributed by atoms with Gasteiger partial charge in [0.05, 0.1) is 0 Å². The van der Waals surface area contributed by atoms with Crippen LogP contribution in [-0.4, -0.2) is 44.3 Å². The van der Waals surface area contributed by atoms with Crippen molar-refractivity contribution in [3.63, 3.8) is 0 Å². The number of carboxylic acid groups (broad SMARTS) is 1. The van der Waals surface area contributed by atoms with Crippen molar-refractivity contribution in [1.29, 1.82) is 0 Å². The molecule has 6 nitrogen and oxygen atoms in total. The number of likely N-dealkylation sites (tertiary alicyclic amines) is 1. The molecule has 1 aliphatic rings. The van der Waals surface area contributed by atoms with Gasteiger partial charge in [-0.15, -0.1) is 0 Å². The molecule has 1 amide bonds. The number of rotatable bonds is 3. The number of amides is 1. The number of aliphatic carboxylic acids is 1. The smallest absolute Gasteiger partial charge is 0.326 e. The fourth-order valence-electron chi connectivity index (χ4n) is 2.90. The number of benzene rings is 1. The Bertz CT molecular complexity index is 799. The maximum atomic E-state index is 13.9. The number of carbonyl (C=O) groups excluding carboxylic acids is 1. The molecule has 2 aromatic rings. The first-order chi connectivity index (χ1) is 11.4.